The number of amides is 1. The Labute approximate surface area is 123 Å². The molecule has 2 heterocycles. The maximum absolute atomic E-state index is 12.0. The van der Waals surface area contributed by atoms with Crippen molar-refractivity contribution in [2.24, 2.45) is 5.92 Å². The molecule has 1 aliphatic rings. The molecule has 0 aliphatic carbocycles. The van der Waals surface area contributed by atoms with Crippen LogP contribution in [-0.2, 0) is 0 Å². The summed E-state index contributed by atoms with van der Waals surface area (Å²) >= 11 is 11.6. The number of halogens is 2. The molecule has 1 amide bonds. The second-order valence-corrected chi connectivity index (χ2v) is 5.53. The van der Waals surface area contributed by atoms with Crippen molar-refractivity contribution in [3.8, 4) is 0 Å². The van der Waals surface area contributed by atoms with Gasteiger partial charge in [0.15, 0.2) is 0 Å². The zero-order chi connectivity index (χ0) is 13.8. The molecule has 0 saturated carbocycles. The molecule has 6 heteroatoms. The molecule has 0 radical (unpaired) electrons. The summed E-state index contributed by atoms with van der Waals surface area (Å²) in [5.74, 6) is 0.373. The first-order chi connectivity index (χ1) is 9.08. The van der Waals surface area contributed by atoms with Gasteiger partial charge in [0.25, 0.3) is 5.91 Å². The van der Waals surface area contributed by atoms with Gasteiger partial charge in [-0.15, -0.1) is 0 Å². The summed E-state index contributed by atoms with van der Waals surface area (Å²) in [6.07, 6.45) is 1.13. The summed E-state index contributed by atoms with van der Waals surface area (Å²) in [4.78, 5) is 18.2. The van der Waals surface area contributed by atoms with E-state index in [0.717, 1.165) is 26.1 Å². The largest absolute Gasteiger partial charge is 0.352 e. The third-order valence-electron chi connectivity index (χ3n) is 3.39. The molecule has 1 saturated heterocycles. The lowest BCUT2D eigenvalue weighted by Gasteiger charge is -2.13. The molecule has 1 aromatic rings. The van der Waals surface area contributed by atoms with E-state index < -0.39 is 0 Å². The monoisotopic (exact) mass is 301 g/mol. The van der Waals surface area contributed by atoms with Crippen LogP contribution in [0.2, 0.25) is 10.3 Å². The summed E-state index contributed by atoms with van der Waals surface area (Å²) in [6.45, 7) is 6.08. The highest BCUT2D eigenvalue weighted by atomic mass is 35.5. The van der Waals surface area contributed by atoms with Crippen LogP contribution in [0.4, 0.5) is 0 Å². The number of pyridine rings is 1. The second-order valence-electron chi connectivity index (χ2n) is 4.76. The molecular formula is C13H17Cl2N3O. The van der Waals surface area contributed by atoms with Crippen LogP contribution in [-0.4, -0.2) is 42.0 Å². The molecule has 1 unspecified atom stereocenters. The van der Waals surface area contributed by atoms with Crippen molar-refractivity contribution in [1.29, 1.82) is 0 Å². The summed E-state index contributed by atoms with van der Waals surface area (Å²) in [5.41, 5.74) is 0.454. The van der Waals surface area contributed by atoms with Gasteiger partial charge in [0.2, 0.25) is 0 Å². The standard InChI is InChI=1S/C13H17Cl2N3O/c1-2-18-4-3-9(8-18)7-16-13(19)10-5-11(14)17-12(15)6-10/h5-6,9H,2-4,7-8H2,1H3,(H,16,19). The highest BCUT2D eigenvalue weighted by Gasteiger charge is 2.21. The first-order valence-corrected chi connectivity index (χ1v) is 7.17. The van der Waals surface area contributed by atoms with Crippen LogP contribution in [0.3, 0.4) is 0 Å². The fourth-order valence-electron chi connectivity index (χ4n) is 2.30. The summed E-state index contributed by atoms with van der Waals surface area (Å²) in [6, 6.07) is 3.05. The fourth-order valence-corrected chi connectivity index (χ4v) is 2.76. The van der Waals surface area contributed by atoms with E-state index in [2.05, 4.69) is 22.1 Å². The minimum atomic E-state index is -0.152. The summed E-state index contributed by atoms with van der Waals surface area (Å²) in [5, 5.41) is 3.39. The van der Waals surface area contributed by atoms with Gasteiger partial charge in [-0.05, 0) is 37.6 Å². The molecule has 1 N–H and O–H groups in total. The van der Waals surface area contributed by atoms with Gasteiger partial charge in [0.05, 0.1) is 0 Å². The number of nitrogens with zero attached hydrogens (tertiary/aromatic N) is 2. The lowest BCUT2D eigenvalue weighted by molar-refractivity contribution is 0.0947. The average molecular weight is 302 g/mol. The van der Waals surface area contributed by atoms with Crippen molar-refractivity contribution >= 4 is 29.1 Å². The molecule has 0 bridgehead atoms. The van der Waals surface area contributed by atoms with E-state index in [0.29, 0.717) is 18.0 Å². The van der Waals surface area contributed by atoms with E-state index in [1.807, 2.05) is 0 Å². The SMILES string of the molecule is CCN1CCC(CNC(=O)c2cc(Cl)nc(Cl)c2)C1. The van der Waals surface area contributed by atoms with Gasteiger partial charge in [-0.2, -0.15) is 0 Å². The lowest BCUT2D eigenvalue weighted by Crippen LogP contribution is -2.31. The Morgan fingerprint density at radius 1 is 1.47 bits per heavy atom. The van der Waals surface area contributed by atoms with E-state index in [-0.39, 0.29) is 16.2 Å². The fraction of sp³-hybridized carbons (Fsp3) is 0.538. The number of hydrogen-bond acceptors (Lipinski definition) is 3. The van der Waals surface area contributed by atoms with Gasteiger partial charge in [-0.3, -0.25) is 4.79 Å². The molecule has 2 rings (SSSR count). The molecule has 1 fully saturated rings. The number of rotatable bonds is 4. The minimum absolute atomic E-state index is 0.152. The van der Waals surface area contributed by atoms with Crippen molar-refractivity contribution in [2.45, 2.75) is 13.3 Å². The van der Waals surface area contributed by atoms with Crippen LogP contribution >= 0.6 is 23.2 Å². The van der Waals surface area contributed by atoms with E-state index in [9.17, 15) is 4.79 Å². The van der Waals surface area contributed by atoms with E-state index in [1.54, 1.807) is 0 Å². The smallest absolute Gasteiger partial charge is 0.251 e. The van der Waals surface area contributed by atoms with Gasteiger partial charge < -0.3 is 10.2 Å². The van der Waals surface area contributed by atoms with E-state index >= 15 is 0 Å². The Kier molecular flexibility index (Phi) is 5.02. The van der Waals surface area contributed by atoms with Gasteiger partial charge in [-0.1, -0.05) is 30.1 Å². The molecular weight excluding hydrogens is 285 g/mol. The zero-order valence-corrected chi connectivity index (χ0v) is 12.3. The molecule has 0 spiro atoms. The van der Waals surface area contributed by atoms with Gasteiger partial charge in [0, 0.05) is 18.7 Å². The van der Waals surface area contributed by atoms with Crippen LogP contribution in [0.1, 0.15) is 23.7 Å². The summed E-state index contributed by atoms with van der Waals surface area (Å²) in [7, 11) is 0. The molecule has 1 aromatic heterocycles. The number of aromatic nitrogens is 1. The van der Waals surface area contributed by atoms with E-state index in [4.69, 9.17) is 23.2 Å². The highest BCUT2D eigenvalue weighted by molar-refractivity contribution is 6.33. The van der Waals surface area contributed by atoms with Crippen LogP contribution < -0.4 is 5.32 Å². The minimum Gasteiger partial charge on any atom is -0.352 e. The Hall–Kier alpha value is -0.840. The predicted molar refractivity (Wildman–Crippen MR) is 76.8 cm³/mol. The molecule has 1 aliphatic heterocycles. The summed E-state index contributed by atoms with van der Waals surface area (Å²) < 4.78 is 0. The van der Waals surface area contributed by atoms with Crippen molar-refractivity contribution in [3.05, 3.63) is 28.0 Å². The number of likely N-dealkylation sites (tertiary alicyclic amines) is 1. The Morgan fingerprint density at radius 3 is 2.74 bits per heavy atom. The van der Waals surface area contributed by atoms with Crippen LogP contribution in [0, 0.1) is 5.92 Å². The van der Waals surface area contributed by atoms with Crippen molar-refractivity contribution in [3.63, 3.8) is 0 Å². The van der Waals surface area contributed by atoms with Crippen molar-refractivity contribution in [2.75, 3.05) is 26.2 Å². The van der Waals surface area contributed by atoms with E-state index in [1.165, 1.54) is 12.1 Å². The number of carbonyl (C=O) groups is 1. The highest BCUT2D eigenvalue weighted by Crippen LogP contribution is 2.16. The van der Waals surface area contributed by atoms with Crippen molar-refractivity contribution in [1.82, 2.24) is 15.2 Å². The number of nitrogens with one attached hydrogen (secondary N) is 1. The van der Waals surface area contributed by atoms with Crippen LogP contribution in [0.5, 0.6) is 0 Å². The molecule has 19 heavy (non-hydrogen) atoms. The Morgan fingerprint density at radius 2 is 2.16 bits per heavy atom. The van der Waals surface area contributed by atoms with Crippen LogP contribution in [0.15, 0.2) is 12.1 Å². The third kappa shape index (κ3) is 4.06. The van der Waals surface area contributed by atoms with Gasteiger partial charge in [-0.25, -0.2) is 4.98 Å². The molecule has 1 atom stereocenters. The molecule has 104 valence electrons. The predicted octanol–water partition coefficient (Wildman–Crippen LogP) is 2.46. The zero-order valence-electron chi connectivity index (χ0n) is 10.8. The maximum Gasteiger partial charge on any atom is 0.251 e. The van der Waals surface area contributed by atoms with Gasteiger partial charge in [0.1, 0.15) is 10.3 Å². The molecule has 4 nitrogen and oxygen atoms in total. The number of carbonyl (C=O) groups excluding carboxylic acids is 1. The normalized spacial score (nSPS) is 19.6. The lowest BCUT2D eigenvalue weighted by atomic mass is 10.1. The molecule has 0 aromatic carbocycles. The first-order valence-electron chi connectivity index (χ1n) is 6.42. The van der Waals surface area contributed by atoms with Crippen molar-refractivity contribution < 1.29 is 4.79 Å². The van der Waals surface area contributed by atoms with Crippen LogP contribution in [0.25, 0.3) is 0 Å². The third-order valence-corrected chi connectivity index (χ3v) is 3.78. The second kappa shape index (κ2) is 6.55. The maximum atomic E-state index is 12.0. The quantitative estimate of drug-likeness (QED) is 0.869. The Balaban J connectivity index is 1.87. The Bertz CT molecular complexity index is 447. The first kappa shape index (κ1) is 14.6. The van der Waals surface area contributed by atoms with Gasteiger partial charge >= 0.3 is 0 Å². The topological polar surface area (TPSA) is 45.2 Å². The number of hydrogen-bond donors (Lipinski definition) is 1. The average Bonchev–Trinajstić information content (AvgIpc) is 2.82.